The lowest BCUT2D eigenvalue weighted by molar-refractivity contribution is -0.144. The second-order valence-corrected chi connectivity index (χ2v) is 11.8. The molecule has 0 aliphatic rings. The molecule has 1 unspecified atom stereocenters. The zero-order valence-electron chi connectivity index (χ0n) is 14.1. The Morgan fingerprint density at radius 3 is 2.10 bits per heavy atom. The summed E-state index contributed by atoms with van der Waals surface area (Å²) in [5.74, 6) is 0.876. The molecule has 5 heteroatoms. The zero-order chi connectivity index (χ0) is 16.8. The molecule has 0 amide bonds. The predicted molar refractivity (Wildman–Crippen MR) is 85.4 cm³/mol. The summed E-state index contributed by atoms with van der Waals surface area (Å²) < 4.78 is 4.45. The number of Topliss-reactive ketones (excluding diaryl/α,β-unsaturated/α-hetero) is 2. The molecule has 0 aromatic rings. The van der Waals surface area contributed by atoms with Gasteiger partial charge in [0.2, 0.25) is 0 Å². The van der Waals surface area contributed by atoms with Gasteiger partial charge in [-0.3, -0.25) is 14.4 Å². The molecule has 4 nitrogen and oxygen atoms in total. The number of carbonyl (C=O) groups is 3. The Hall–Kier alpha value is -1.41. The fraction of sp³-hybridized carbons (Fsp3) is 0.688. The van der Waals surface area contributed by atoms with E-state index in [1.807, 2.05) is 0 Å². The number of rotatable bonds is 5. The molecule has 0 spiro atoms. The van der Waals surface area contributed by atoms with Crippen LogP contribution in [0.15, 0.2) is 0 Å². The van der Waals surface area contributed by atoms with Crippen molar-refractivity contribution < 1.29 is 19.1 Å². The quantitative estimate of drug-likeness (QED) is 0.339. The van der Waals surface area contributed by atoms with E-state index in [1.165, 1.54) is 14.0 Å². The van der Waals surface area contributed by atoms with Gasteiger partial charge >= 0.3 is 5.97 Å². The third kappa shape index (κ3) is 6.26. The second kappa shape index (κ2) is 7.55. The highest BCUT2D eigenvalue weighted by Gasteiger charge is 2.33. The van der Waals surface area contributed by atoms with Gasteiger partial charge in [-0.1, -0.05) is 33.9 Å². The van der Waals surface area contributed by atoms with Crippen molar-refractivity contribution in [2.24, 2.45) is 5.92 Å². The summed E-state index contributed by atoms with van der Waals surface area (Å²) in [6.07, 6.45) is -0.194. The summed E-state index contributed by atoms with van der Waals surface area (Å²) in [6, 6.07) is 0. The molecule has 0 fully saturated rings. The predicted octanol–water partition coefficient (Wildman–Crippen LogP) is 2.77. The summed E-state index contributed by atoms with van der Waals surface area (Å²) in [7, 11) is -0.538. The molecule has 0 aromatic heterocycles. The van der Waals surface area contributed by atoms with E-state index in [0.717, 1.165) is 0 Å². The van der Waals surface area contributed by atoms with Crippen LogP contribution in [0.1, 0.15) is 40.5 Å². The maximum atomic E-state index is 11.9. The van der Waals surface area contributed by atoms with Crippen molar-refractivity contribution in [1.82, 2.24) is 0 Å². The molecular formula is C16H26O4Si. The van der Waals surface area contributed by atoms with E-state index >= 15 is 0 Å². The smallest absolute Gasteiger partial charge is 0.313 e. The van der Waals surface area contributed by atoms with Crippen molar-refractivity contribution in [2.45, 2.75) is 58.7 Å². The zero-order valence-corrected chi connectivity index (χ0v) is 15.1. The van der Waals surface area contributed by atoms with Gasteiger partial charge in [0, 0.05) is 6.42 Å². The minimum Gasteiger partial charge on any atom is -0.469 e. The highest BCUT2D eigenvalue weighted by Crippen LogP contribution is 2.35. The number of esters is 1. The topological polar surface area (TPSA) is 60.4 Å². The molecule has 0 aliphatic carbocycles. The largest absolute Gasteiger partial charge is 0.469 e. The summed E-state index contributed by atoms with van der Waals surface area (Å²) >= 11 is 0. The average molecular weight is 310 g/mol. The number of hydrogen-bond donors (Lipinski definition) is 0. The molecule has 0 saturated carbocycles. The van der Waals surface area contributed by atoms with Crippen LogP contribution in [0.3, 0.4) is 0 Å². The van der Waals surface area contributed by atoms with E-state index < -0.39 is 25.7 Å². The van der Waals surface area contributed by atoms with Crippen molar-refractivity contribution in [3.8, 4) is 11.5 Å². The molecule has 0 heterocycles. The Morgan fingerprint density at radius 1 is 1.19 bits per heavy atom. The highest BCUT2D eigenvalue weighted by atomic mass is 28.3. The first kappa shape index (κ1) is 19.6. The van der Waals surface area contributed by atoms with Gasteiger partial charge in [0.05, 0.1) is 13.0 Å². The lowest BCUT2D eigenvalue weighted by atomic mass is 9.94. The maximum Gasteiger partial charge on any atom is 0.313 e. The van der Waals surface area contributed by atoms with Crippen LogP contribution in [0.25, 0.3) is 0 Å². The number of ketones is 2. The minimum atomic E-state index is -1.76. The van der Waals surface area contributed by atoms with Crippen molar-refractivity contribution in [3.63, 3.8) is 0 Å². The Labute approximate surface area is 128 Å². The molecule has 0 bridgehead atoms. The Kier molecular flexibility index (Phi) is 7.05. The molecule has 0 N–H and O–H groups in total. The maximum absolute atomic E-state index is 11.9. The SMILES string of the molecule is COC(=O)CC(=O)C(CC#C[Si](C)(C)C(C)(C)C)C(C)=O. The molecule has 21 heavy (non-hydrogen) atoms. The second-order valence-electron chi connectivity index (χ2n) is 6.76. The highest BCUT2D eigenvalue weighted by molar-refractivity contribution is 6.87. The first-order valence-electron chi connectivity index (χ1n) is 7.02. The number of ether oxygens (including phenoxy) is 1. The van der Waals surface area contributed by atoms with E-state index in [0.29, 0.717) is 0 Å². The van der Waals surface area contributed by atoms with E-state index in [9.17, 15) is 14.4 Å². The van der Waals surface area contributed by atoms with Gasteiger partial charge in [0.1, 0.15) is 20.3 Å². The van der Waals surface area contributed by atoms with Gasteiger partial charge in [-0.15, -0.1) is 11.5 Å². The van der Waals surface area contributed by atoms with Crippen LogP contribution in [0.4, 0.5) is 0 Å². The first-order valence-corrected chi connectivity index (χ1v) is 10.0. The van der Waals surface area contributed by atoms with Crippen LogP contribution in [-0.4, -0.2) is 32.7 Å². The van der Waals surface area contributed by atoms with E-state index in [1.54, 1.807) is 0 Å². The van der Waals surface area contributed by atoms with Crippen molar-refractivity contribution in [2.75, 3.05) is 7.11 Å². The standard InChI is InChI=1S/C16H26O4Si/c1-12(17)13(14(18)11-15(19)20-5)9-8-10-21(6,7)16(2,3)4/h13H,9,11H2,1-7H3. The van der Waals surface area contributed by atoms with Gasteiger partial charge < -0.3 is 4.74 Å². The molecule has 0 radical (unpaired) electrons. The van der Waals surface area contributed by atoms with Gasteiger partial charge in [-0.2, -0.15) is 0 Å². The van der Waals surface area contributed by atoms with Crippen molar-refractivity contribution in [3.05, 3.63) is 0 Å². The molecule has 0 aromatic carbocycles. The third-order valence-corrected chi connectivity index (χ3v) is 8.56. The van der Waals surface area contributed by atoms with E-state index in [2.05, 4.69) is 50.1 Å². The van der Waals surface area contributed by atoms with Crippen LogP contribution >= 0.6 is 0 Å². The molecule has 1 atom stereocenters. The van der Waals surface area contributed by atoms with Crippen LogP contribution in [0.5, 0.6) is 0 Å². The monoisotopic (exact) mass is 310 g/mol. The fourth-order valence-corrected chi connectivity index (χ4v) is 2.30. The Bertz CT molecular complexity index is 475. The summed E-state index contributed by atoms with van der Waals surface area (Å²) in [6.45, 7) is 12.1. The molecule has 0 saturated heterocycles. The number of carbonyl (C=O) groups excluding carboxylic acids is 3. The van der Waals surface area contributed by atoms with Crippen LogP contribution in [-0.2, 0) is 19.1 Å². The average Bonchev–Trinajstić information content (AvgIpc) is 2.32. The Balaban J connectivity index is 4.96. The minimum absolute atomic E-state index is 0.127. The third-order valence-electron chi connectivity index (χ3n) is 4.01. The number of methoxy groups -OCH3 is 1. The van der Waals surface area contributed by atoms with Gasteiger partial charge in [-0.05, 0) is 12.0 Å². The molecule has 0 rings (SSSR count). The number of hydrogen-bond acceptors (Lipinski definition) is 4. The van der Waals surface area contributed by atoms with Crippen molar-refractivity contribution in [1.29, 1.82) is 0 Å². The summed E-state index contributed by atoms with van der Waals surface area (Å²) in [5, 5.41) is 0.127. The Morgan fingerprint density at radius 2 is 1.71 bits per heavy atom. The van der Waals surface area contributed by atoms with Crippen molar-refractivity contribution >= 4 is 25.6 Å². The fourth-order valence-electron chi connectivity index (χ4n) is 1.38. The lowest BCUT2D eigenvalue weighted by Gasteiger charge is -2.31. The van der Waals surface area contributed by atoms with Gasteiger partial charge in [-0.25, -0.2) is 0 Å². The molecule has 118 valence electrons. The normalized spacial score (nSPS) is 12.9. The lowest BCUT2D eigenvalue weighted by Crippen LogP contribution is -2.35. The van der Waals surface area contributed by atoms with Crippen LogP contribution < -0.4 is 0 Å². The summed E-state index contributed by atoms with van der Waals surface area (Å²) in [4.78, 5) is 34.6. The first-order chi connectivity index (χ1) is 9.42. The summed E-state index contributed by atoms with van der Waals surface area (Å²) in [5.41, 5.74) is 3.27. The van der Waals surface area contributed by atoms with E-state index in [4.69, 9.17) is 0 Å². The van der Waals surface area contributed by atoms with Gasteiger partial charge in [0.25, 0.3) is 0 Å². The molecular weight excluding hydrogens is 284 g/mol. The van der Waals surface area contributed by atoms with E-state index in [-0.39, 0.29) is 23.7 Å². The van der Waals surface area contributed by atoms with Gasteiger partial charge in [0.15, 0.2) is 5.78 Å². The van der Waals surface area contributed by atoms with Crippen LogP contribution in [0.2, 0.25) is 18.1 Å². The van der Waals surface area contributed by atoms with Crippen LogP contribution in [0, 0.1) is 17.4 Å². The molecule has 0 aliphatic heterocycles.